The quantitative estimate of drug-likeness (QED) is 0.440. The Morgan fingerprint density at radius 2 is 2.28 bits per heavy atom. The van der Waals surface area contributed by atoms with E-state index in [2.05, 4.69) is 21.4 Å². The Kier molecular flexibility index (Phi) is 7.42. The van der Waals surface area contributed by atoms with Crippen molar-refractivity contribution in [1.82, 2.24) is 5.43 Å². The molecule has 102 valence electrons. The van der Waals surface area contributed by atoms with Crippen LogP contribution in [0.5, 0.6) is 0 Å². The molecule has 0 saturated carbocycles. The second-order valence-corrected chi connectivity index (χ2v) is 5.00. The Balaban J connectivity index is 2.48. The summed E-state index contributed by atoms with van der Waals surface area (Å²) >= 11 is 3.42. The highest BCUT2D eigenvalue weighted by molar-refractivity contribution is 9.10. The number of nitrogens with one attached hydrogen (secondary N) is 1. The normalized spacial score (nSPS) is 12.7. The van der Waals surface area contributed by atoms with Crippen molar-refractivity contribution in [3.05, 3.63) is 34.1 Å². The minimum Gasteiger partial charge on any atom is -0.382 e. The topological polar surface area (TPSA) is 47.3 Å². The van der Waals surface area contributed by atoms with Crippen molar-refractivity contribution in [2.24, 2.45) is 5.84 Å². The van der Waals surface area contributed by atoms with Crippen molar-refractivity contribution in [2.45, 2.75) is 32.2 Å². The zero-order valence-corrected chi connectivity index (χ0v) is 12.2. The summed E-state index contributed by atoms with van der Waals surface area (Å²) in [4.78, 5) is 0. The Labute approximate surface area is 116 Å². The van der Waals surface area contributed by atoms with Gasteiger partial charge in [0.15, 0.2) is 0 Å². The first-order valence-electron chi connectivity index (χ1n) is 6.15. The predicted molar refractivity (Wildman–Crippen MR) is 74.6 cm³/mol. The zero-order valence-electron chi connectivity index (χ0n) is 10.6. The van der Waals surface area contributed by atoms with Crippen molar-refractivity contribution >= 4 is 15.9 Å². The number of benzene rings is 1. The second kappa shape index (κ2) is 8.58. The third-order valence-electron chi connectivity index (χ3n) is 2.76. The van der Waals surface area contributed by atoms with Crippen molar-refractivity contribution < 1.29 is 9.13 Å². The van der Waals surface area contributed by atoms with Gasteiger partial charge < -0.3 is 4.74 Å². The summed E-state index contributed by atoms with van der Waals surface area (Å²) in [5.74, 6) is 5.30. The molecule has 0 saturated heterocycles. The number of hydrogen-bond acceptors (Lipinski definition) is 3. The maximum atomic E-state index is 13.2. The summed E-state index contributed by atoms with van der Waals surface area (Å²) in [5, 5.41) is 0. The Bertz CT molecular complexity index is 363. The molecular weight excluding hydrogens is 299 g/mol. The lowest BCUT2D eigenvalue weighted by Gasteiger charge is -2.16. The van der Waals surface area contributed by atoms with Crippen molar-refractivity contribution in [3.8, 4) is 0 Å². The number of hydrogen-bond donors (Lipinski definition) is 2. The Morgan fingerprint density at radius 1 is 1.50 bits per heavy atom. The summed E-state index contributed by atoms with van der Waals surface area (Å²) < 4.78 is 19.4. The van der Waals surface area contributed by atoms with Gasteiger partial charge in [0.05, 0.1) is 0 Å². The third-order valence-corrected chi connectivity index (χ3v) is 3.53. The molecule has 3 nitrogen and oxygen atoms in total. The van der Waals surface area contributed by atoms with E-state index in [4.69, 9.17) is 10.6 Å². The number of nitrogens with two attached hydrogens (primary N) is 1. The summed E-state index contributed by atoms with van der Waals surface area (Å²) in [5.41, 5.74) is 3.70. The third kappa shape index (κ3) is 5.44. The molecule has 1 unspecified atom stereocenters. The monoisotopic (exact) mass is 318 g/mol. The van der Waals surface area contributed by atoms with Gasteiger partial charge in [-0.25, -0.2) is 4.39 Å². The van der Waals surface area contributed by atoms with Gasteiger partial charge in [-0.3, -0.25) is 11.3 Å². The maximum absolute atomic E-state index is 13.2. The van der Waals surface area contributed by atoms with Gasteiger partial charge in [-0.05, 0) is 49.9 Å². The Morgan fingerprint density at radius 3 is 2.94 bits per heavy atom. The molecule has 0 amide bonds. The van der Waals surface area contributed by atoms with E-state index >= 15 is 0 Å². The van der Waals surface area contributed by atoms with E-state index in [-0.39, 0.29) is 11.9 Å². The molecule has 0 spiro atoms. The SMILES string of the molecule is CCOCCCC(Cc1cc(F)ccc1Br)NN. The summed E-state index contributed by atoms with van der Waals surface area (Å²) in [6, 6.07) is 4.83. The van der Waals surface area contributed by atoms with E-state index in [0.717, 1.165) is 36.1 Å². The molecule has 0 bridgehead atoms. The molecule has 0 radical (unpaired) electrons. The van der Waals surface area contributed by atoms with Gasteiger partial charge in [0.2, 0.25) is 0 Å². The molecular formula is C13H20BrFN2O. The van der Waals surface area contributed by atoms with Crippen LogP contribution in [0.15, 0.2) is 22.7 Å². The fourth-order valence-electron chi connectivity index (χ4n) is 1.79. The van der Waals surface area contributed by atoms with Crippen LogP contribution >= 0.6 is 15.9 Å². The molecule has 1 atom stereocenters. The van der Waals surface area contributed by atoms with E-state index in [0.29, 0.717) is 6.42 Å². The maximum Gasteiger partial charge on any atom is 0.123 e. The lowest BCUT2D eigenvalue weighted by Crippen LogP contribution is -2.37. The van der Waals surface area contributed by atoms with Gasteiger partial charge in [0.1, 0.15) is 5.82 Å². The van der Waals surface area contributed by atoms with E-state index in [1.807, 2.05) is 6.92 Å². The van der Waals surface area contributed by atoms with Gasteiger partial charge in [-0.1, -0.05) is 15.9 Å². The van der Waals surface area contributed by atoms with Crippen LogP contribution in [-0.4, -0.2) is 19.3 Å². The van der Waals surface area contributed by atoms with Crippen LogP contribution < -0.4 is 11.3 Å². The lowest BCUT2D eigenvalue weighted by molar-refractivity contribution is 0.140. The van der Waals surface area contributed by atoms with Crippen LogP contribution in [0.25, 0.3) is 0 Å². The molecule has 18 heavy (non-hydrogen) atoms. The minimum absolute atomic E-state index is 0.128. The highest BCUT2D eigenvalue weighted by atomic mass is 79.9. The molecule has 1 rings (SSSR count). The van der Waals surface area contributed by atoms with Gasteiger partial charge >= 0.3 is 0 Å². The average molecular weight is 319 g/mol. The summed E-state index contributed by atoms with van der Waals surface area (Å²) in [6.45, 7) is 3.44. The van der Waals surface area contributed by atoms with E-state index in [9.17, 15) is 4.39 Å². The number of ether oxygens (including phenoxy) is 1. The highest BCUT2D eigenvalue weighted by Gasteiger charge is 2.10. The number of rotatable bonds is 8. The smallest absolute Gasteiger partial charge is 0.123 e. The molecule has 5 heteroatoms. The Hall–Kier alpha value is -0.490. The molecule has 0 aliphatic rings. The average Bonchev–Trinajstić information content (AvgIpc) is 2.37. The molecule has 0 fully saturated rings. The van der Waals surface area contributed by atoms with Gasteiger partial charge in [0.25, 0.3) is 0 Å². The fourth-order valence-corrected chi connectivity index (χ4v) is 2.19. The molecule has 0 aliphatic heterocycles. The van der Waals surface area contributed by atoms with Crippen molar-refractivity contribution in [2.75, 3.05) is 13.2 Å². The first-order valence-corrected chi connectivity index (χ1v) is 6.94. The van der Waals surface area contributed by atoms with E-state index in [1.165, 1.54) is 12.1 Å². The van der Waals surface area contributed by atoms with Crippen molar-refractivity contribution in [1.29, 1.82) is 0 Å². The zero-order chi connectivity index (χ0) is 13.4. The van der Waals surface area contributed by atoms with Crippen LogP contribution in [-0.2, 0) is 11.2 Å². The minimum atomic E-state index is -0.224. The molecule has 1 aromatic rings. The van der Waals surface area contributed by atoms with Gasteiger partial charge in [-0.2, -0.15) is 0 Å². The molecule has 0 aliphatic carbocycles. The van der Waals surface area contributed by atoms with Crippen LogP contribution in [0.1, 0.15) is 25.3 Å². The summed E-state index contributed by atoms with van der Waals surface area (Å²) in [6.07, 6.45) is 2.54. The molecule has 3 N–H and O–H groups in total. The van der Waals surface area contributed by atoms with Gasteiger partial charge in [0, 0.05) is 23.7 Å². The first-order chi connectivity index (χ1) is 8.67. The molecule has 1 aromatic carbocycles. The van der Waals surface area contributed by atoms with E-state index in [1.54, 1.807) is 6.07 Å². The number of hydrazine groups is 1. The predicted octanol–water partition coefficient (Wildman–Crippen LogP) is 2.78. The highest BCUT2D eigenvalue weighted by Crippen LogP contribution is 2.20. The van der Waals surface area contributed by atoms with Crippen LogP contribution in [0.4, 0.5) is 4.39 Å². The van der Waals surface area contributed by atoms with Crippen LogP contribution in [0.2, 0.25) is 0 Å². The van der Waals surface area contributed by atoms with Crippen LogP contribution in [0, 0.1) is 5.82 Å². The fraction of sp³-hybridized carbons (Fsp3) is 0.538. The van der Waals surface area contributed by atoms with Gasteiger partial charge in [-0.15, -0.1) is 0 Å². The lowest BCUT2D eigenvalue weighted by atomic mass is 10.0. The second-order valence-electron chi connectivity index (χ2n) is 4.14. The summed E-state index contributed by atoms with van der Waals surface area (Å²) in [7, 11) is 0. The molecule has 0 heterocycles. The number of halogens is 2. The van der Waals surface area contributed by atoms with Crippen LogP contribution in [0.3, 0.4) is 0 Å². The largest absolute Gasteiger partial charge is 0.382 e. The standard InChI is InChI=1S/C13H20BrFN2O/c1-2-18-7-3-4-12(17-16)9-10-8-11(15)5-6-13(10)14/h5-6,8,12,17H,2-4,7,9,16H2,1H3. The van der Waals surface area contributed by atoms with Crippen molar-refractivity contribution in [3.63, 3.8) is 0 Å². The molecule has 0 aromatic heterocycles. The van der Waals surface area contributed by atoms with E-state index < -0.39 is 0 Å². The first kappa shape index (κ1) is 15.6.